The third-order valence-electron chi connectivity index (χ3n) is 3.57. The number of para-hydroxylation sites is 1. The van der Waals surface area contributed by atoms with Crippen molar-refractivity contribution in [3.63, 3.8) is 0 Å². The summed E-state index contributed by atoms with van der Waals surface area (Å²) in [4.78, 5) is 8.86. The van der Waals surface area contributed by atoms with Crippen LogP contribution in [0.4, 0.5) is 5.82 Å². The normalized spacial score (nSPS) is 10.6. The summed E-state index contributed by atoms with van der Waals surface area (Å²) in [5.41, 5.74) is 2.68. The van der Waals surface area contributed by atoms with Crippen molar-refractivity contribution in [2.45, 2.75) is 20.4 Å². The lowest BCUT2D eigenvalue weighted by Gasteiger charge is -2.10. The molecule has 0 aliphatic rings. The maximum atomic E-state index is 5.35. The first-order valence-corrected chi connectivity index (χ1v) is 7.31. The van der Waals surface area contributed by atoms with Gasteiger partial charge in [0.1, 0.15) is 17.3 Å². The van der Waals surface area contributed by atoms with Gasteiger partial charge in [0.05, 0.1) is 18.4 Å². The van der Waals surface area contributed by atoms with Crippen LogP contribution in [0.25, 0.3) is 11.4 Å². The summed E-state index contributed by atoms with van der Waals surface area (Å²) < 4.78 is 10.5. The molecule has 0 saturated heterocycles. The molecule has 0 saturated carbocycles. The fourth-order valence-electron chi connectivity index (χ4n) is 2.41. The summed E-state index contributed by atoms with van der Waals surface area (Å²) >= 11 is 0. The van der Waals surface area contributed by atoms with Gasteiger partial charge < -0.3 is 14.6 Å². The number of benzene rings is 1. The van der Waals surface area contributed by atoms with Crippen molar-refractivity contribution in [3.8, 4) is 17.1 Å². The van der Waals surface area contributed by atoms with Crippen molar-refractivity contribution < 1.29 is 9.26 Å². The van der Waals surface area contributed by atoms with Crippen LogP contribution in [0.3, 0.4) is 0 Å². The van der Waals surface area contributed by atoms with E-state index in [2.05, 4.69) is 20.4 Å². The Balaban J connectivity index is 1.81. The summed E-state index contributed by atoms with van der Waals surface area (Å²) in [5, 5.41) is 7.24. The molecule has 0 fully saturated rings. The molecule has 0 bridgehead atoms. The topological polar surface area (TPSA) is 73.1 Å². The number of hydrogen-bond acceptors (Lipinski definition) is 6. The Bertz CT molecular complexity index is 794. The maximum Gasteiger partial charge on any atom is 0.166 e. The predicted molar refractivity (Wildman–Crippen MR) is 87.3 cm³/mol. The van der Waals surface area contributed by atoms with Crippen LogP contribution in [0.15, 0.2) is 41.1 Å². The summed E-state index contributed by atoms with van der Waals surface area (Å²) in [6.07, 6.45) is 1.72. The van der Waals surface area contributed by atoms with Crippen LogP contribution in [0, 0.1) is 13.8 Å². The van der Waals surface area contributed by atoms with Crippen molar-refractivity contribution in [1.82, 2.24) is 15.1 Å². The van der Waals surface area contributed by atoms with Gasteiger partial charge in [-0.15, -0.1) is 0 Å². The average molecular weight is 310 g/mol. The van der Waals surface area contributed by atoms with E-state index in [1.807, 2.05) is 44.2 Å². The van der Waals surface area contributed by atoms with Crippen molar-refractivity contribution in [2.24, 2.45) is 0 Å². The Morgan fingerprint density at radius 2 is 2.00 bits per heavy atom. The number of hydrogen-bond donors (Lipinski definition) is 1. The van der Waals surface area contributed by atoms with Gasteiger partial charge >= 0.3 is 0 Å². The van der Waals surface area contributed by atoms with Crippen LogP contribution in [0.5, 0.6) is 5.75 Å². The number of aromatic nitrogens is 3. The average Bonchev–Trinajstić information content (AvgIpc) is 2.92. The molecule has 0 aliphatic carbocycles. The molecule has 0 unspecified atom stereocenters. The van der Waals surface area contributed by atoms with Gasteiger partial charge in [0.15, 0.2) is 5.82 Å². The first-order valence-electron chi connectivity index (χ1n) is 7.31. The molecule has 118 valence electrons. The van der Waals surface area contributed by atoms with E-state index in [1.54, 1.807) is 13.3 Å². The van der Waals surface area contributed by atoms with E-state index in [9.17, 15) is 0 Å². The lowest BCUT2D eigenvalue weighted by Crippen LogP contribution is -2.04. The van der Waals surface area contributed by atoms with E-state index in [1.165, 1.54) is 0 Å². The van der Waals surface area contributed by atoms with Gasteiger partial charge in [-0.1, -0.05) is 23.4 Å². The van der Waals surface area contributed by atoms with Crippen molar-refractivity contribution >= 4 is 5.82 Å². The Labute approximate surface area is 134 Å². The Morgan fingerprint density at radius 3 is 2.74 bits per heavy atom. The molecular weight excluding hydrogens is 292 g/mol. The zero-order chi connectivity index (χ0) is 16.2. The minimum atomic E-state index is 0.603. The molecule has 23 heavy (non-hydrogen) atoms. The molecule has 0 radical (unpaired) electrons. The minimum Gasteiger partial charge on any atom is -0.496 e. The molecule has 1 N–H and O–H groups in total. The lowest BCUT2D eigenvalue weighted by molar-refractivity contribution is 0.393. The largest absolute Gasteiger partial charge is 0.496 e. The van der Waals surface area contributed by atoms with E-state index >= 15 is 0 Å². The van der Waals surface area contributed by atoms with Gasteiger partial charge in [0.2, 0.25) is 0 Å². The highest BCUT2D eigenvalue weighted by Crippen LogP contribution is 2.24. The Morgan fingerprint density at radius 1 is 1.17 bits per heavy atom. The van der Waals surface area contributed by atoms with Crippen LogP contribution in [0.1, 0.15) is 17.0 Å². The standard InChI is InChI=1S/C17H18N4O2/c1-11-16(12(2)23-21-11)17-18-9-8-15(20-17)19-10-13-6-4-5-7-14(13)22-3/h4-9H,10H2,1-3H3,(H,18,19,20). The molecule has 3 rings (SSSR count). The zero-order valence-electron chi connectivity index (χ0n) is 13.3. The van der Waals surface area contributed by atoms with Crippen LogP contribution in [-0.2, 0) is 6.54 Å². The number of rotatable bonds is 5. The molecule has 0 atom stereocenters. The van der Waals surface area contributed by atoms with Gasteiger partial charge in [-0.05, 0) is 26.0 Å². The number of nitrogens with zero attached hydrogens (tertiary/aromatic N) is 3. The maximum absolute atomic E-state index is 5.35. The number of ether oxygens (including phenoxy) is 1. The van der Waals surface area contributed by atoms with E-state index in [4.69, 9.17) is 9.26 Å². The van der Waals surface area contributed by atoms with Crippen molar-refractivity contribution in [3.05, 3.63) is 53.5 Å². The molecule has 2 aromatic heterocycles. The first kappa shape index (κ1) is 15.0. The molecular formula is C17H18N4O2. The first-order chi connectivity index (χ1) is 11.2. The fourth-order valence-corrected chi connectivity index (χ4v) is 2.41. The number of nitrogens with one attached hydrogen (secondary N) is 1. The van der Waals surface area contributed by atoms with E-state index in [0.717, 1.165) is 28.4 Å². The smallest absolute Gasteiger partial charge is 0.166 e. The van der Waals surface area contributed by atoms with Gasteiger partial charge in [-0.2, -0.15) is 0 Å². The van der Waals surface area contributed by atoms with Gasteiger partial charge in [0.25, 0.3) is 0 Å². The molecule has 6 heteroatoms. The number of methoxy groups -OCH3 is 1. The molecule has 1 aromatic carbocycles. The highest BCUT2D eigenvalue weighted by Gasteiger charge is 2.14. The second kappa shape index (κ2) is 6.48. The summed E-state index contributed by atoms with van der Waals surface area (Å²) in [5.74, 6) is 2.90. The molecule has 6 nitrogen and oxygen atoms in total. The van der Waals surface area contributed by atoms with Crippen LogP contribution in [0.2, 0.25) is 0 Å². The van der Waals surface area contributed by atoms with Crippen molar-refractivity contribution in [1.29, 1.82) is 0 Å². The van der Waals surface area contributed by atoms with Crippen LogP contribution >= 0.6 is 0 Å². The van der Waals surface area contributed by atoms with E-state index in [-0.39, 0.29) is 0 Å². The minimum absolute atomic E-state index is 0.603. The number of aryl methyl sites for hydroxylation is 2. The monoisotopic (exact) mass is 310 g/mol. The summed E-state index contributed by atoms with van der Waals surface area (Å²) in [6, 6.07) is 9.71. The molecule has 2 heterocycles. The second-order valence-electron chi connectivity index (χ2n) is 5.13. The zero-order valence-corrected chi connectivity index (χ0v) is 13.3. The van der Waals surface area contributed by atoms with Gasteiger partial charge in [0, 0.05) is 18.3 Å². The van der Waals surface area contributed by atoms with E-state index < -0.39 is 0 Å². The molecule has 0 aliphatic heterocycles. The highest BCUT2D eigenvalue weighted by atomic mass is 16.5. The van der Waals surface area contributed by atoms with E-state index in [0.29, 0.717) is 18.1 Å². The molecule has 3 aromatic rings. The third-order valence-corrected chi connectivity index (χ3v) is 3.57. The highest BCUT2D eigenvalue weighted by molar-refractivity contribution is 5.61. The molecule has 0 spiro atoms. The number of anilines is 1. The lowest BCUT2D eigenvalue weighted by atomic mass is 10.2. The van der Waals surface area contributed by atoms with Crippen LogP contribution in [-0.4, -0.2) is 22.2 Å². The molecule has 0 amide bonds. The summed E-state index contributed by atoms with van der Waals surface area (Å²) in [7, 11) is 1.67. The fraction of sp³-hybridized carbons (Fsp3) is 0.235. The van der Waals surface area contributed by atoms with Crippen molar-refractivity contribution in [2.75, 3.05) is 12.4 Å². The predicted octanol–water partition coefficient (Wildman–Crippen LogP) is 3.37. The Kier molecular flexibility index (Phi) is 4.23. The van der Waals surface area contributed by atoms with Gasteiger partial charge in [-0.25, -0.2) is 9.97 Å². The SMILES string of the molecule is COc1ccccc1CNc1ccnc(-c2c(C)noc2C)n1. The van der Waals surface area contributed by atoms with Crippen LogP contribution < -0.4 is 10.1 Å². The summed E-state index contributed by atoms with van der Waals surface area (Å²) in [6.45, 7) is 4.35. The third kappa shape index (κ3) is 3.15. The second-order valence-corrected chi connectivity index (χ2v) is 5.13. The quantitative estimate of drug-likeness (QED) is 0.779. The Hall–Kier alpha value is -2.89. The van der Waals surface area contributed by atoms with Gasteiger partial charge in [-0.3, -0.25) is 0 Å².